The van der Waals surface area contributed by atoms with Crippen LogP contribution >= 0.6 is 11.8 Å². The fraction of sp³-hybridized carbons (Fsp3) is 0.421. The molecule has 29 heavy (non-hydrogen) atoms. The monoisotopic (exact) mass is 414 g/mol. The third kappa shape index (κ3) is 6.31. The average Bonchev–Trinajstić information content (AvgIpc) is 3.15. The summed E-state index contributed by atoms with van der Waals surface area (Å²) in [6, 6.07) is 8.21. The van der Waals surface area contributed by atoms with Crippen LogP contribution in [0.1, 0.15) is 26.3 Å². The Hall–Kier alpha value is -2.88. The van der Waals surface area contributed by atoms with Crippen LogP contribution in [0.25, 0.3) is 5.95 Å². The van der Waals surface area contributed by atoms with Crippen LogP contribution in [-0.4, -0.2) is 54.7 Å². The number of nitrogens with zero attached hydrogens (tertiary/aromatic N) is 6. The number of rotatable bonds is 10. The minimum absolute atomic E-state index is 0.204. The van der Waals surface area contributed by atoms with Gasteiger partial charge in [-0.1, -0.05) is 29.5 Å². The Bertz CT molecular complexity index is 913. The SMILES string of the molecule is CCNc1nc(NC(C)C)nc(-n2cnc(SCCOc3ccc(C)cc3)n2)n1. The third-order valence-corrected chi connectivity index (χ3v) is 4.47. The smallest absolute Gasteiger partial charge is 0.258 e. The highest BCUT2D eigenvalue weighted by atomic mass is 32.2. The van der Waals surface area contributed by atoms with Crippen LogP contribution in [0.2, 0.25) is 0 Å². The summed E-state index contributed by atoms with van der Waals surface area (Å²) in [5.74, 6) is 3.00. The van der Waals surface area contributed by atoms with Crippen molar-refractivity contribution in [3.63, 3.8) is 0 Å². The molecular weight excluding hydrogens is 388 g/mol. The van der Waals surface area contributed by atoms with Crippen LogP contribution < -0.4 is 15.4 Å². The molecule has 0 saturated carbocycles. The second-order valence-corrected chi connectivity index (χ2v) is 7.66. The minimum atomic E-state index is 0.204. The van der Waals surface area contributed by atoms with Crippen LogP contribution in [0.15, 0.2) is 35.7 Å². The van der Waals surface area contributed by atoms with Gasteiger partial charge in [-0.3, -0.25) is 0 Å². The van der Waals surface area contributed by atoms with E-state index in [-0.39, 0.29) is 6.04 Å². The number of hydrogen-bond donors (Lipinski definition) is 2. The van der Waals surface area contributed by atoms with E-state index in [4.69, 9.17) is 4.74 Å². The summed E-state index contributed by atoms with van der Waals surface area (Å²) in [5.41, 5.74) is 1.21. The molecule has 0 aliphatic heterocycles. The molecule has 0 aliphatic rings. The Kier molecular flexibility index (Phi) is 7.23. The maximum Gasteiger partial charge on any atom is 0.258 e. The van der Waals surface area contributed by atoms with Crippen molar-refractivity contribution >= 4 is 23.7 Å². The van der Waals surface area contributed by atoms with Gasteiger partial charge in [-0.2, -0.15) is 19.6 Å². The second kappa shape index (κ2) is 10.1. The summed E-state index contributed by atoms with van der Waals surface area (Å²) in [6.45, 7) is 9.38. The summed E-state index contributed by atoms with van der Waals surface area (Å²) in [5, 5.41) is 11.4. The summed E-state index contributed by atoms with van der Waals surface area (Å²) < 4.78 is 7.29. The molecule has 2 aromatic heterocycles. The van der Waals surface area contributed by atoms with Gasteiger partial charge in [-0.15, -0.1) is 5.10 Å². The molecular formula is C19H26N8OS. The van der Waals surface area contributed by atoms with Gasteiger partial charge < -0.3 is 15.4 Å². The molecule has 9 nitrogen and oxygen atoms in total. The Balaban J connectivity index is 1.61. The van der Waals surface area contributed by atoms with Crippen LogP contribution in [0.3, 0.4) is 0 Å². The van der Waals surface area contributed by atoms with E-state index in [1.54, 1.807) is 11.0 Å². The summed E-state index contributed by atoms with van der Waals surface area (Å²) >= 11 is 1.52. The van der Waals surface area contributed by atoms with E-state index in [1.807, 2.05) is 45.0 Å². The van der Waals surface area contributed by atoms with Crippen molar-refractivity contribution in [2.24, 2.45) is 0 Å². The predicted molar refractivity (Wildman–Crippen MR) is 115 cm³/mol. The van der Waals surface area contributed by atoms with E-state index in [9.17, 15) is 0 Å². The third-order valence-electron chi connectivity index (χ3n) is 3.66. The standard InChI is InChI=1S/C19H26N8OS/c1-5-20-16-23-17(22-13(2)3)25-18(24-16)27-12-21-19(26-27)29-11-10-28-15-8-6-14(4)7-9-15/h6-9,12-13H,5,10-11H2,1-4H3,(H2,20,22,23,24,25). The van der Waals surface area contributed by atoms with Crippen LogP contribution in [0.5, 0.6) is 5.75 Å². The molecule has 0 fully saturated rings. The zero-order chi connectivity index (χ0) is 20.6. The number of benzene rings is 1. The molecule has 3 aromatic rings. The summed E-state index contributed by atoms with van der Waals surface area (Å²) in [4.78, 5) is 17.5. The first-order chi connectivity index (χ1) is 14.0. The number of anilines is 2. The quantitative estimate of drug-likeness (QED) is 0.382. The number of ether oxygens (including phenoxy) is 1. The predicted octanol–water partition coefficient (Wildman–Crippen LogP) is 3.18. The van der Waals surface area contributed by atoms with Crippen molar-refractivity contribution < 1.29 is 4.74 Å². The first kappa shape index (κ1) is 20.8. The Morgan fingerprint density at radius 3 is 2.59 bits per heavy atom. The van der Waals surface area contributed by atoms with Gasteiger partial charge in [0.1, 0.15) is 12.1 Å². The molecule has 154 valence electrons. The van der Waals surface area contributed by atoms with Crippen molar-refractivity contribution in [1.29, 1.82) is 0 Å². The van der Waals surface area contributed by atoms with Crippen LogP contribution in [0, 0.1) is 6.92 Å². The molecule has 2 heterocycles. The van der Waals surface area contributed by atoms with E-state index < -0.39 is 0 Å². The highest BCUT2D eigenvalue weighted by molar-refractivity contribution is 7.99. The van der Waals surface area contributed by atoms with Gasteiger partial charge in [-0.25, -0.2) is 4.98 Å². The number of hydrogen-bond acceptors (Lipinski definition) is 9. The zero-order valence-corrected chi connectivity index (χ0v) is 17.9. The maximum absolute atomic E-state index is 5.74. The van der Waals surface area contributed by atoms with E-state index in [0.717, 1.165) is 11.5 Å². The molecule has 3 rings (SSSR count). The fourth-order valence-electron chi connectivity index (χ4n) is 2.36. The van der Waals surface area contributed by atoms with E-state index in [1.165, 1.54) is 17.3 Å². The lowest BCUT2D eigenvalue weighted by Gasteiger charge is -2.11. The van der Waals surface area contributed by atoms with Crippen molar-refractivity contribution in [2.75, 3.05) is 29.5 Å². The number of nitrogens with one attached hydrogen (secondary N) is 2. The topological polar surface area (TPSA) is 103 Å². The highest BCUT2D eigenvalue weighted by Crippen LogP contribution is 2.16. The average molecular weight is 415 g/mol. The zero-order valence-electron chi connectivity index (χ0n) is 17.1. The number of aromatic nitrogens is 6. The van der Waals surface area contributed by atoms with Gasteiger partial charge >= 0.3 is 0 Å². The molecule has 0 saturated heterocycles. The van der Waals surface area contributed by atoms with Gasteiger partial charge in [0.15, 0.2) is 0 Å². The number of thioether (sulfide) groups is 1. The van der Waals surface area contributed by atoms with Crippen molar-refractivity contribution in [3.8, 4) is 11.7 Å². The second-order valence-electron chi connectivity index (χ2n) is 6.59. The van der Waals surface area contributed by atoms with Crippen LogP contribution in [0.4, 0.5) is 11.9 Å². The van der Waals surface area contributed by atoms with Gasteiger partial charge in [-0.05, 0) is 39.8 Å². The van der Waals surface area contributed by atoms with Gasteiger partial charge in [0, 0.05) is 18.3 Å². The first-order valence-electron chi connectivity index (χ1n) is 9.54. The van der Waals surface area contributed by atoms with Gasteiger partial charge in [0.05, 0.1) is 6.61 Å². The lowest BCUT2D eigenvalue weighted by atomic mass is 10.2. The minimum Gasteiger partial charge on any atom is -0.493 e. The van der Waals surface area contributed by atoms with Crippen molar-refractivity contribution in [2.45, 2.75) is 38.9 Å². The molecule has 2 N–H and O–H groups in total. The highest BCUT2D eigenvalue weighted by Gasteiger charge is 2.11. The lowest BCUT2D eigenvalue weighted by Crippen LogP contribution is -2.16. The number of aryl methyl sites for hydroxylation is 1. The van der Waals surface area contributed by atoms with Gasteiger partial charge in [0.2, 0.25) is 17.1 Å². The molecule has 0 aliphatic carbocycles. The van der Waals surface area contributed by atoms with Gasteiger partial charge in [0.25, 0.3) is 5.95 Å². The Morgan fingerprint density at radius 2 is 1.86 bits per heavy atom. The molecule has 10 heteroatoms. The van der Waals surface area contributed by atoms with E-state index >= 15 is 0 Å². The summed E-state index contributed by atoms with van der Waals surface area (Å²) in [7, 11) is 0. The normalized spacial score (nSPS) is 10.9. The first-order valence-corrected chi connectivity index (χ1v) is 10.5. The molecule has 0 spiro atoms. The Morgan fingerprint density at radius 1 is 1.10 bits per heavy atom. The largest absolute Gasteiger partial charge is 0.493 e. The van der Waals surface area contributed by atoms with Crippen molar-refractivity contribution in [1.82, 2.24) is 29.7 Å². The Labute approximate surface area is 174 Å². The van der Waals surface area contributed by atoms with E-state index in [0.29, 0.717) is 36.2 Å². The molecule has 0 atom stereocenters. The lowest BCUT2D eigenvalue weighted by molar-refractivity contribution is 0.344. The molecule has 0 amide bonds. The maximum atomic E-state index is 5.74. The van der Waals surface area contributed by atoms with Crippen molar-refractivity contribution in [3.05, 3.63) is 36.2 Å². The van der Waals surface area contributed by atoms with Crippen LogP contribution in [-0.2, 0) is 0 Å². The molecule has 0 unspecified atom stereocenters. The molecule has 0 bridgehead atoms. The molecule has 0 radical (unpaired) electrons. The summed E-state index contributed by atoms with van der Waals surface area (Å²) in [6.07, 6.45) is 1.60. The molecule has 1 aromatic carbocycles. The van der Waals surface area contributed by atoms with E-state index in [2.05, 4.69) is 42.6 Å². The fourth-order valence-corrected chi connectivity index (χ4v) is 2.98.